The molecule has 0 amide bonds. The molecule has 2 heteroatoms. The summed E-state index contributed by atoms with van der Waals surface area (Å²) in [6.07, 6.45) is 7.10. The second-order valence-electron chi connectivity index (χ2n) is 7.72. The quantitative estimate of drug-likeness (QED) is 0.791. The van der Waals surface area contributed by atoms with E-state index in [9.17, 15) is 0 Å². The predicted molar refractivity (Wildman–Crippen MR) is 83.4 cm³/mol. The second-order valence-corrected chi connectivity index (χ2v) is 7.72. The Labute approximate surface area is 120 Å². The summed E-state index contributed by atoms with van der Waals surface area (Å²) in [4.78, 5) is 2.70. The van der Waals surface area contributed by atoms with Crippen LogP contribution in [0.15, 0.2) is 0 Å². The van der Waals surface area contributed by atoms with E-state index >= 15 is 0 Å². The molecule has 0 radical (unpaired) electrons. The molecular formula is C17H34N2. The molecule has 2 aliphatic rings. The highest BCUT2D eigenvalue weighted by Gasteiger charge is 2.45. The Kier molecular flexibility index (Phi) is 5.30. The lowest BCUT2D eigenvalue weighted by Gasteiger charge is -2.53. The minimum absolute atomic E-state index is 0.723. The van der Waals surface area contributed by atoms with Crippen LogP contribution in [-0.2, 0) is 0 Å². The van der Waals surface area contributed by atoms with Crippen LogP contribution >= 0.6 is 0 Å². The third-order valence-electron chi connectivity index (χ3n) is 5.36. The first-order valence-corrected chi connectivity index (χ1v) is 8.49. The van der Waals surface area contributed by atoms with Crippen molar-refractivity contribution in [1.82, 2.24) is 10.2 Å². The van der Waals surface area contributed by atoms with E-state index in [1.165, 1.54) is 58.3 Å². The van der Waals surface area contributed by atoms with Crippen LogP contribution in [0.3, 0.4) is 0 Å². The van der Waals surface area contributed by atoms with Gasteiger partial charge in [-0.15, -0.1) is 0 Å². The molecule has 1 heterocycles. The topological polar surface area (TPSA) is 15.3 Å². The first kappa shape index (κ1) is 15.3. The van der Waals surface area contributed by atoms with Crippen LogP contribution in [-0.4, -0.2) is 37.1 Å². The fraction of sp³-hybridized carbons (Fsp3) is 1.00. The van der Waals surface area contributed by atoms with Gasteiger partial charge in [0.15, 0.2) is 0 Å². The molecule has 1 spiro atoms. The van der Waals surface area contributed by atoms with Gasteiger partial charge in [-0.1, -0.05) is 34.1 Å². The van der Waals surface area contributed by atoms with Gasteiger partial charge in [0.2, 0.25) is 0 Å². The van der Waals surface area contributed by atoms with Gasteiger partial charge in [0.05, 0.1) is 0 Å². The van der Waals surface area contributed by atoms with Crippen molar-refractivity contribution in [2.45, 2.75) is 65.8 Å². The van der Waals surface area contributed by atoms with Gasteiger partial charge in [0.25, 0.3) is 0 Å². The number of piperidine rings is 1. The average Bonchev–Trinajstić information content (AvgIpc) is 2.35. The molecule has 1 unspecified atom stereocenters. The van der Waals surface area contributed by atoms with Crippen molar-refractivity contribution in [2.24, 2.45) is 17.3 Å². The standard InChI is InChI=1S/C17H34N2/c1-5-15(4)13-19-8-6-17(7-9-19)10-16(11-17)18-12-14(2)3/h14-16,18H,5-13H2,1-4H3. The van der Waals surface area contributed by atoms with Gasteiger partial charge in [0.1, 0.15) is 0 Å². The number of hydrogen-bond donors (Lipinski definition) is 1. The Balaban J connectivity index is 1.65. The van der Waals surface area contributed by atoms with Crippen LogP contribution in [0, 0.1) is 17.3 Å². The van der Waals surface area contributed by atoms with Crippen molar-refractivity contribution in [3.8, 4) is 0 Å². The molecular weight excluding hydrogens is 232 g/mol. The number of rotatable bonds is 6. The fourth-order valence-electron chi connectivity index (χ4n) is 3.72. The summed E-state index contributed by atoms with van der Waals surface area (Å²) >= 11 is 0. The van der Waals surface area contributed by atoms with Gasteiger partial charge >= 0.3 is 0 Å². The zero-order valence-corrected chi connectivity index (χ0v) is 13.5. The van der Waals surface area contributed by atoms with E-state index in [1.54, 1.807) is 0 Å². The molecule has 1 N–H and O–H groups in total. The van der Waals surface area contributed by atoms with E-state index in [-0.39, 0.29) is 0 Å². The number of likely N-dealkylation sites (tertiary alicyclic amines) is 1. The molecule has 1 atom stereocenters. The molecule has 19 heavy (non-hydrogen) atoms. The zero-order chi connectivity index (χ0) is 13.9. The first-order chi connectivity index (χ1) is 9.03. The van der Waals surface area contributed by atoms with E-state index in [1.807, 2.05) is 0 Å². The van der Waals surface area contributed by atoms with Crippen LogP contribution in [0.25, 0.3) is 0 Å². The predicted octanol–water partition coefficient (Wildman–Crippen LogP) is 3.52. The molecule has 112 valence electrons. The summed E-state index contributed by atoms with van der Waals surface area (Å²) in [6, 6.07) is 0.823. The first-order valence-electron chi connectivity index (χ1n) is 8.49. The molecule has 0 aromatic heterocycles. The highest BCUT2D eigenvalue weighted by Crippen LogP contribution is 2.49. The molecule has 0 aromatic carbocycles. The normalized spacial score (nSPS) is 25.7. The summed E-state index contributed by atoms with van der Waals surface area (Å²) in [5.74, 6) is 1.66. The van der Waals surface area contributed by atoms with Gasteiger partial charge in [-0.3, -0.25) is 0 Å². The summed E-state index contributed by atoms with van der Waals surface area (Å²) in [6.45, 7) is 14.5. The number of nitrogens with one attached hydrogen (secondary N) is 1. The highest BCUT2D eigenvalue weighted by atomic mass is 15.1. The van der Waals surface area contributed by atoms with Gasteiger partial charge in [-0.25, -0.2) is 0 Å². The van der Waals surface area contributed by atoms with Crippen LogP contribution < -0.4 is 5.32 Å². The molecule has 1 saturated carbocycles. The van der Waals surface area contributed by atoms with Crippen LogP contribution in [0.2, 0.25) is 0 Å². The summed E-state index contributed by atoms with van der Waals surface area (Å²) < 4.78 is 0. The van der Waals surface area contributed by atoms with E-state index in [4.69, 9.17) is 0 Å². The van der Waals surface area contributed by atoms with Gasteiger partial charge in [0, 0.05) is 12.6 Å². The highest BCUT2D eigenvalue weighted by molar-refractivity contribution is 5.00. The average molecular weight is 266 g/mol. The van der Waals surface area contributed by atoms with Gasteiger partial charge in [-0.05, 0) is 62.6 Å². The Morgan fingerprint density at radius 3 is 2.32 bits per heavy atom. The Bertz CT molecular complexity index is 258. The van der Waals surface area contributed by atoms with Gasteiger partial charge in [-0.2, -0.15) is 0 Å². The number of nitrogens with zero attached hydrogens (tertiary/aromatic N) is 1. The molecule has 0 bridgehead atoms. The molecule has 2 nitrogen and oxygen atoms in total. The van der Waals surface area contributed by atoms with Crippen molar-refractivity contribution in [3.05, 3.63) is 0 Å². The third kappa shape index (κ3) is 4.19. The van der Waals surface area contributed by atoms with Crippen molar-refractivity contribution < 1.29 is 0 Å². The summed E-state index contributed by atoms with van der Waals surface area (Å²) in [5, 5.41) is 3.73. The lowest BCUT2D eigenvalue weighted by atomic mass is 9.60. The molecule has 2 rings (SSSR count). The van der Waals surface area contributed by atoms with Crippen LogP contribution in [0.1, 0.15) is 59.8 Å². The summed E-state index contributed by atoms with van der Waals surface area (Å²) in [5.41, 5.74) is 0.723. The maximum Gasteiger partial charge on any atom is 0.00778 e. The smallest absolute Gasteiger partial charge is 0.00778 e. The minimum atomic E-state index is 0.723. The Hall–Kier alpha value is -0.0800. The van der Waals surface area contributed by atoms with E-state index in [2.05, 4.69) is 37.9 Å². The zero-order valence-electron chi connectivity index (χ0n) is 13.5. The fourth-order valence-corrected chi connectivity index (χ4v) is 3.72. The Morgan fingerprint density at radius 2 is 1.79 bits per heavy atom. The third-order valence-corrected chi connectivity index (χ3v) is 5.36. The molecule has 2 fully saturated rings. The lowest BCUT2D eigenvalue weighted by molar-refractivity contribution is 0.00185. The van der Waals surface area contributed by atoms with E-state index in [0.717, 1.165) is 23.3 Å². The number of hydrogen-bond acceptors (Lipinski definition) is 2. The molecule has 0 aromatic rings. The van der Waals surface area contributed by atoms with Crippen molar-refractivity contribution in [3.63, 3.8) is 0 Å². The van der Waals surface area contributed by atoms with Crippen LogP contribution in [0.5, 0.6) is 0 Å². The minimum Gasteiger partial charge on any atom is -0.314 e. The van der Waals surface area contributed by atoms with Gasteiger partial charge < -0.3 is 10.2 Å². The molecule has 1 saturated heterocycles. The maximum atomic E-state index is 3.73. The molecule has 1 aliphatic carbocycles. The van der Waals surface area contributed by atoms with E-state index in [0.29, 0.717) is 0 Å². The maximum absolute atomic E-state index is 3.73. The Morgan fingerprint density at radius 1 is 1.16 bits per heavy atom. The lowest BCUT2D eigenvalue weighted by Crippen LogP contribution is -2.54. The SMILES string of the molecule is CCC(C)CN1CCC2(CC1)CC(NCC(C)C)C2. The van der Waals surface area contributed by atoms with Crippen molar-refractivity contribution in [2.75, 3.05) is 26.2 Å². The summed E-state index contributed by atoms with van der Waals surface area (Å²) in [7, 11) is 0. The van der Waals surface area contributed by atoms with Crippen LogP contribution in [0.4, 0.5) is 0 Å². The second kappa shape index (κ2) is 6.58. The van der Waals surface area contributed by atoms with E-state index < -0.39 is 0 Å². The van der Waals surface area contributed by atoms with Crippen molar-refractivity contribution >= 4 is 0 Å². The monoisotopic (exact) mass is 266 g/mol. The molecule has 1 aliphatic heterocycles. The largest absolute Gasteiger partial charge is 0.314 e. The van der Waals surface area contributed by atoms with Crippen molar-refractivity contribution in [1.29, 1.82) is 0 Å².